The first-order chi connectivity index (χ1) is 17.8. The van der Waals surface area contributed by atoms with Crippen LogP contribution < -0.4 is 5.32 Å². The van der Waals surface area contributed by atoms with Gasteiger partial charge in [0.25, 0.3) is 5.91 Å². The van der Waals surface area contributed by atoms with Crippen LogP contribution in [0.4, 0.5) is 30.7 Å². The molecule has 2 aromatic rings. The first-order valence-corrected chi connectivity index (χ1v) is 12.5. The summed E-state index contributed by atoms with van der Waals surface area (Å²) in [5, 5.41) is 3.31. The number of rotatable bonds is 4. The third-order valence-corrected chi connectivity index (χ3v) is 7.71. The van der Waals surface area contributed by atoms with Crippen molar-refractivity contribution in [3.63, 3.8) is 0 Å². The first-order valence-electron chi connectivity index (χ1n) is 12.5. The Kier molecular flexibility index (Phi) is 8.09. The van der Waals surface area contributed by atoms with E-state index in [-0.39, 0.29) is 12.0 Å². The molecule has 2 saturated heterocycles. The molecule has 0 saturated carbocycles. The monoisotopic (exact) mass is 545 g/mol. The summed E-state index contributed by atoms with van der Waals surface area (Å²) in [5.74, 6) is -1.74. The molecule has 0 bridgehead atoms. The van der Waals surface area contributed by atoms with Crippen molar-refractivity contribution < 1.29 is 35.5 Å². The van der Waals surface area contributed by atoms with Gasteiger partial charge >= 0.3 is 12.4 Å². The van der Waals surface area contributed by atoms with Crippen LogP contribution in [0.2, 0.25) is 0 Å². The van der Waals surface area contributed by atoms with Crippen molar-refractivity contribution in [1.29, 1.82) is 0 Å². The summed E-state index contributed by atoms with van der Waals surface area (Å²) in [7, 11) is 1.39. The van der Waals surface area contributed by atoms with Crippen molar-refractivity contribution in [2.24, 2.45) is 0 Å². The average Bonchev–Trinajstić information content (AvgIpc) is 2.88. The Hall–Kier alpha value is -2.66. The summed E-state index contributed by atoms with van der Waals surface area (Å²) in [6.07, 6.45) is -7.82. The van der Waals surface area contributed by atoms with E-state index in [9.17, 15) is 35.5 Å². The molecule has 2 atom stereocenters. The lowest BCUT2D eigenvalue weighted by atomic mass is 9.83. The van der Waals surface area contributed by atoms with Crippen molar-refractivity contribution >= 4 is 5.91 Å². The van der Waals surface area contributed by atoms with Crippen molar-refractivity contribution in [2.75, 3.05) is 33.2 Å². The fourth-order valence-electron chi connectivity index (χ4n) is 5.53. The van der Waals surface area contributed by atoms with Gasteiger partial charge in [0.15, 0.2) is 0 Å². The van der Waals surface area contributed by atoms with E-state index in [0.717, 1.165) is 25.9 Å². The van der Waals surface area contributed by atoms with Crippen LogP contribution >= 0.6 is 0 Å². The number of alkyl halides is 6. The second-order valence-electron chi connectivity index (χ2n) is 10.2. The second-order valence-corrected chi connectivity index (χ2v) is 10.2. The summed E-state index contributed by atoms with van der Waals surface area (Å²) in [6.45, 7) is 4.45. The zero-order valence-electron chi connectivity index (χ0n) is 21.1. The zero-order valence-corrected chi connectivity index (χ0v) is 21.1. The molecular weight excluding hydrogens is 515 g/mol. The number of likely N-dealkylation sites (N-methyl/N-ethyl adjacent to an activating group) is 1. The van der Waals surface area contributed by atoms with Crippen molar-refractivity contribution in [3.8, 4) is 0 Å². The van der Waals surface area contributed by atoms with E-state index in [4.69, 9.17) is 0 Å². The molecule has 0 aromatic heterocycles. The molecule has 38 heavy (non-hydrogen) atoms. The fraction of sp³-hybridized carbons (Fsp3) is 0.519. The molecule has 2 aromatic carbocycles. The molecule has 2 aliphatic heterocycles. The number of amides is 1. The highest BCUT2D eigenvalue weighted by Crippen LogP contribution is 2.38. The van der Waals surface area contributed by atoms with Gasteiger partial charge in [-0.15, -0.1) is 0 Å². The molecule has 1 amide bonds. The van der Waals surface area contributed by atoms with Gasteiger partial charge in [0.05, 0.1) is 11.1 Å². The van der Waals surface area contributed by atoms with Crippen LogP contribution in [0.5, 0.6) is 0 Å². The lowest BCUT2D eigenvalue weighted by Gasteiger charge is -2.46. The third-order valence-electron chi connectivity index (χ3n) is 7.71. The minimum Gasteiger partial charge on any atom is -0.338 e. The molecule has 2 aliphatic rings. The number of benzene rings is 2. The number of halogens is 7. The van der Waals surface area contributed by atoms with E-state index in [0.29, 0.717) is 48.8 Å². The summed E-state index contributed by atoms with van der Waals surface area (Å²) >= 11 is 0. The molecule has 0 spiro atoms. The van der Waals surface area contributed by atoms with Crippen LogP contribution in [-0.4, -0.2) is 61.0 Å². The maximum absolute atomic E-state index is 14.5. The van der Waals surface area contributed by atoms with Gasteiger partial charge in [-0.1, -0.05) is 12.1 Å². The number of hydrogen-bond donors (Lipinski definition) is 1. The number of nitrogens with zero attached hydrogens (tertiary/aromatic N) is 2. The van der Waals surface area contributed by atoms with Crippen molar-refractivity contribution in [3.05, 3.63) is 70.0 Å². The maximum Gasteiger partial charge on any atom is 0.416 e. The Balaban J connectivity index is 1.68. The van der Waals surface area contributed by atoms with Crippen LogP contribution in [0.25, 0.3) is 0 Å². The first kappa shape index (κ1) is 28.4. The highest BCUT2D eigenvalue weighted by molar-refractivity contribution is 5.94. The van der Waals surface area contributed by atoms with E-state index in [1.807, 2.05) is 0 Å². The summed E-state index contributed by atoms with van der Waals surface area (Å²) < 4.78 is 94.9. The van der Waals surface area contributed by atoms with Gasteiger partial charge in [0.1, 0.15) is 5.82 Å². The molecule has 2 fully saturated rings. The molecule has 2 unspecified atom stereocenters. The molecule has 0 aliphatic carbocycles. The molecule has 1 N–H and O–H groups in total. The van der Waals surface area contributed by atoms with Crippen LogP contribution in [0.1, 0.15) is 57.8 Å². The van der Waals surface area contributed by atoms with Crippen LogP contribution in [0, 0.1) is 12.7 Å². The minimum absolute atomic E-state index is 0.00613. The Labute approximate surface area is 216 Å². The fourth-order valence-corrected chi connectivity index (χ4v) is 5.53. The standard InChI is InChI=1S/C27H30F7N3O/c1-16-3-4-17(13-23(16)28)22-15-37(21-5-8-35-9-6-21)10-7-24(22)36(2)25(38)18-11-19(26(29,30)31)14-20(12-18)27(32,33)34/h3-4,11-14,21-22,24,35H,5-10,15H2,1-2H3. The average molecular weight is 546 g/mol. The number of nitrogens with one attached hydrogen (secondary N) is 1. The zero-order chi connectivity index (χ0) is 27.8. The van der Waals surface area contributed by atoms with Crippen LogP contribution in [0.3, 0.4) is 0 Å². The van der Waals surface area contributed by atoms with Crippen molar-refractivity contribution in [1.82, 2.24) is 15.1 Å². The second kappa shape index (κ2) is 10.8. The van der Waals surface area contributed by atoms with Gasteiger partial charge in [-0.2, -0.15) is 26.3 Å². The number of carbonyl (C=O) groups is 1. The summed E-state index contributed by atoms with van der Waals surface area (Å²) in [6, 6.07) is 5.48. The normalized spacial score (nSPS) is 21.9. The smallest absolute Gasteiger partial charge is 0.338 e. The predicted molar refractivity (Wildman–Crippen MR) is 128 cm³/mol. The van der Waals surface area contributed by atoms with E-state index < -0.39 is 46.8 Å². The molecule has 11 heteroatoms. The Morgan fingerprint density at radius 3 is 2.11 bits per heavy atom. The van der Waals surface area contributed by atoms with Gasteiger partial charge in [-0.25, -0.2) is 4.39 Å². The van der Waals surface area contributed by atoms with Crippen LogP contribution in [-0.2, 0) is 12.4 Å². The number of hydrogen-bond acceptors (Lipinski definition) is 3. The highest BCUT2D eigenvalue weighted by atomic mass is 19.4. The van der Waals surface area contributed by atoms with Gasteiger partial charge in [0.2, 0.25) is 0 Å². The molecule has 0 radical (unpaired) electrons. The van der Waals surface area contributed by atoms with Gasteiger partial charge in [0, 0.05) is 43.7 Å². The number of likely N-dealkylation sites (tertiary alicyclic amines) is 1. The lowest BCUT2D eigenvalue weighted by molar-refractivity contribution is -0.143. The molecule has 4 nitrogen and oxygen atoms in total. The molecule has 208 valence electrons. The SMILES string of the molecule is Cc1ccc(C2CN(C3CCNCC3)CCC2N(C)C(=O)c2cc(C(F)(F)F)cc(C(F)(F)F)c2)cc1F. The topological polar surface area (TPSA) is 35.6 Å². The lowest BCUT2D eigenvalue weighted by Crippen LogP contribution is -2.54. The largest absolute Gasteiger partial charge is 0.416 e. The van der Waals surface area contributed by atoms with Gasteiger partial charge in [-0.05, 0) is 74.7 Å². The quantitative estimate of drug-likeness (QED) is 0.490. The number of carbonyl (C=O) groups excluding carboxylic acids is 1. The predicted octanol–water partition coefficient (Wildman–Crippen LogP) is 5.85. The molecular formula is C27H30F7N3O. The van der Waals surface area contributed by atoms with Crippen molar-refractivity contribution in [2.45, 2.75) is 56.5 Å². The van der Waals surface area contributed by atoms with Gasteiger partial charge in [-0.3, -0.25) is 9.69 Å². The molecule has 2 heterocycles. The van der Waals surface area contributed by atoms with E-state index in [2.05, 4.69) is 10.2 Å². The number of aryl methyl sites for hydroxylation is 1. The Morgan fingerprint density at radius 2 is 1.55 bits per heavy atom. The van der Waals surface area contributed by atoms with E-state index >= 15 is 0 Å². The summed E-state index contributed by atoms with van der Waals surface area (Å²) in [4.78, 5) is 16.9. The van der Waals surface area contributed by atoms with Gasteiger partial charge < -0.3 is 10.2 Å². The highest BCUT2D eigenvalue weighted by Gasteiger charge is 2.40. The number of piperidine rings is 2. The Morgan fingerprint density at radius 1 is 0.947 bits per heavy atom. The van der Waals surface area contributed by atoms with Crippen LogP contribution in [0.15, 0.2) is 36.4 Å². The minimum atomic E-state index is -5.06. The third kappa shape index (κ3) is 6.14. The van der Waals surface area contributed by atoms with E-state index in [1.165, 1.54) is 18.0 Å². The maximum atomic E-state index is 14.5. The molecule has 4 rings (SSSR count). The Bertz CT molecular complexity index is 1130. The summed E-state index contributed by atoms with van der Waals surface area (Å²) in [5.41, 5.74) is -2.69. The van der Waals surface area contributed by atoms with E-state index in [1.54, 1.807) is 19.1 Å².